The van der Waals surface area contributed by atoms with Gasteiger partial charge < -0.3 is 9.88 Å². The van der Waals surface area contributed by atoms with Gasteiger partial charge in [0, 0.05) is 25.4 Å². The highest BCUT2D eigenvalue weighted by molar-refractivity contribution is 7.91. The Morgan fingerprint density at radius 3 is 2.83 bits per heavy atom. The van der Waals surface area contributed by atoms with Gasteiger partial charge in [-0.2, -0.15) is 0 Å². The van der Waals surface area contributed by atoms with Crippen LogP contribution in [0.25, 0.3) is 0 Å². The summed E-state index contributed by atoms with van der Waals surface area (Å²) in [7, 11) is -3.57. The maximum atomic E-state index is 12.4. The first-order valence-corrected chi connectivity index (χ1v) is 9.49. The summed E-state index contributed by atoms with van der Waals surface area (Å²) in [5.41, 5.74) is 0.442. The SMILES string of the molecule is CS(=O)(=O)c1c(Cl)cccc1NC(=O)c1cn2c(n1)CCCC2. The van der Waals surface area contributed by atoms with E-state index in [9.17, 15) is 13.2 Å². The fourth-order valence-electron chi connectivity index (χ4n) is 2.69. The number of sulfone groups is 1. The number of carbonyl (C=O) groups excluding carboxylic acids is 1. The Morgan fingerprint density at radius 1 is 1.35 bits per heavy atom. The van der Waals surface area contributed by atoms with Gasteiger partial charge in [-0.1, -0.05) is 17.7 Å². The molecule has 0 saturated carbocycles. The molecule has 1 aromatic carbocycles. The maximum absolute atomic E-state index is 12.4. The van der Waals surface area contributed by atoms with Crippen molar-refractivity contribution in [2.75, 3.05) is 11.6 Å². The number of hydrogen-bond donors (Lipinski definition) is 1. The van der Waals surface area contributed by atoms with Crippen LogP contribution in [0.1, 0.15) is 29.2 Å². The summed E-state index contributed by atoms with van der Waals surface area (Å²) >= 11 is 5.98. The van der Waals surface area contributed by atoms with E-state index in [0.717, 1.165) is 37.9 Å². The molecule has 1 N–H and O–H groups in total. The van der Waals surface area contributed by atoms with Crippen LogP contribution >= 0.6 is 11.6 Å². The number of nitrogens with zero attached hydrogens (tertiary/aromatic N) is 2. The van der Waals surface area contributed by atoms with E-state index in [1.165, 1.54) is 12.1 Å². The highest BCUT2D eigenvalue weighted by atomic mass is 35.5. The predicted octanol–water partition coefficient (Wildman–Crippen LogP) is 2.53. The third kappa shape index (κ3) is 3.25. The quantitative estimate of drug-likeness (QED) is 0.919. The van der Waals surface area contributed by atoms with Crippen LogP contribution in [0.5, 0.6) is 0 Å². The van der Waals surface area contributed by atoms with E-state index in [4.69, 9.17) is 11.6 Å². The van der Waals surface area contributed by atoms with Crippen molar-refractivity contribution in [3.05, 3.63) is 40.9 Å². The lowest BCUT2D eigenvalue weighted by molar-refractivity contribution is 0.102. The van der Waals surface area contributed by atoms with Crippen LogP contribution in [0.15, 0.2) is 29.3 Å². The lowest BCUT2D eigenvalue weighted by Gasteiger charge is -2.11. The molecule has 122 valence electrons. The summed E-state index contributed by atoms with van der Waals surface area (Å²) in [5.74, 6) is 0.440. The second-order valence-corrected chi connectivity index (χ2v) is 7.90. The molecule has 3 rings (SSSR count). The van der Waals surface area contributed by atoms with Crippen molar-refractivity contribution in [1.82, 2.24) is 9.55 Å². The summed E-state index contributed by atoms with van der Waals surface area (Å²) in [5, 5.41) is 2.68. The smallest absolute Gasteiger partial charge is 0.275 e. The highest BCUT2D eigenvalue weighted by Gasteiger charge is 2.21. The van der Waals surface area contributed by atoms with Gasteiger partial charge in [-0.25, -0.2) is 13.4 Å². The Bertz CT molecular complexity index is 851. The highest BCUT2D eigenvalue weighted by Crippen LogP contribution is 2.29. The van der Waals surface area contributed by atoms with Crippen molar-refractivity contribution < 1.29 is 13.2 Å². The number of halogens is 1. The molecule has 2 aromatic rings. The standard InChI is InChI=1S/C15H16ClN3O3S/c1-23(21,22)14-10(16)5-4-6-11(14)18-15(20)12-9-19-8-3-2-7-13(19)17-12/h4-6,9H,2-3,7-8H2,1H3,(H,18,20). The minimum atomic E-state index is -3.57. The van der Waals surface area contributed by atoms with Gasteiger partial charge in [0.1, 0.15) is 16.4 Å². The van der Waals surface area contributed by atoms with E-state index in [2.05, 4.69) is 10.3 Å². The van der Waals surface area contributed by atoms with Crippen LogP contribution in [-0.4, -0.2) is 30.1 Å². The Balaban J connectivity index is 1.92. The molecule has 0 bridgehead atoms. The lowest BCUT2D eigenvalue weighted by atomic mass is 10.2. The van der Waals surface area contributed by atoms with Crippen LogP contribution in [0.2, 0.25) is 5.02 Å². The minimum Gasteiger partial charge on any atom is -0.334 e. The van der Waals surface area contributed by atoms with Gasteiger partial charge in [0.2, 0.25) is 0 Å². The Morgan fingerprint density at radius 2 is 2.13 bits per heavy atom. The van der Waals surface area contributed by atoms with E-state index >= 15 is 0 Å². The molecule has 1 aliphatic rings. The molecule has 0 unspecified atom stereocenters. The molecule has 0 aliphatic carbocycles. The molecule has 0 radical (unpaired) electrons. The van der Waals surface area contributed by atoms with E-state index < -0.39 is 15.7 Å². The molecule has 8 heteroatoms. The number of carbonyl (C=O) groups is 1. The number of imidazole rings is 1. The topological polar surface area (TPSA) is 81.1 Å². The first-order chi connectivity index (χ1) is 10.9. The number of rotatable bonds is 3. The molecule has 1 aliphatic heterocycles. The second-order valence-electron chi connectivity index (χ2n) is 5.54. The zero-order valence-electron chi connectivity index (χ0n) is 12.5. The number of amides is 1. The predicted molar refractivity (Wildman–Crippen MR) is 87.7 cm³/mol. The van der Waals surface area contributed by atoms with Gasteiger partial charge >= 0.3 is 0 Å². The second kappa shape index (κ2) is 5.98. The first kappa shape index (κ1) is 16.0. The number of anilines is 1. The number of aryl methyl sites for hydroxylation is 2. The van der Waals surface area contributed by atoms with Gasteiger partial charge in [0.15, 0.2) is 9.84 Å². The first-order valence-electron chi connectivity index (χ1n) is 7.22. The van der Waals surface area contributed by atoms with E-state index in [-0.39, 0.29) is 21.3 Å². The zero-order valence-corrected chi connectivity index (χ0v) is 14.1. The normalized spacial score (nSPS) is 14.3. The number of benzene rings is 1. The van der Waals surface area contributed by atoms with Gasteiger partial charge in [-0.15, -0.1) is 0 Å². The Hall–Kier alpha value is -1.86. The molecule has 1 aromatic heterocycles. The van der Waals surface area contributed by atoms with Crippen molar-refractivity contribution in [1.29, 1.82) is 0 Å². The average Bonchev–Trinajstić information content (AvgIpc) is 2.90. The number of hydrogen-bond acceptors (Lipinski definition) is 4. The molecular formula is C15H16ClN3O3S. The average molecular weight is 354 g/mol. The minimum absolute atomic E-state index is 0.0782. The van der Waals surface area contributed by atoms with Gasteiger partial charge in [-0.05, 0) is 25.0 Å². The summed E-state index contributed by atoms with van der Waals surface area (Å²) < 4.78 is 25.8. The largest absolute Gasteiger partial charge is 0.334 e. The molecule has 23 heavy (non-hydrogen) atoms. The molecule has 6 nitrogen and oxygen atoms in total. The summed E-state index contributed by atoms with van der Waals surface area (Å²) in [6, 6.07) is 4.57. The van der Waals surface area contributed by atoms with Gasteiger partial charge in [-0.3, -0.25) is 4.79 Å². The van der Waals surface area contributed by atoms with Crippen molar-refractivity contribution in [3.8, 4) is 0 Å². The van der Waals surface area contributed by atoms with E-state index in [0.29, 0.717) is 0 Å². The number of fused-ring (bicyclic) bond motifs is 1. The Labute approximate surface area is 139 Å². The van der Waals surface area contributed by atoms with Crippen molar-refractivity contribution in [2.45, 2.75) is 30.7 Å². The summed E-state index contributed by atoms with van der Waals surface area (Å²) in [6.07, 6.45) is 5.73. The fourth-order valence-corrected chi connectivity index (χ4v) is 4.23. The van der Waals surface area contributed by atoms with E-state index in [1.54, 1.807) is 12.3 Å². The maximum Gasteiger partial charge on any atom is 0.275 e. The van der Waals surface area contributed by atoms with Crippen LogP contribution < -0.4 is 5.32 Å². The van der Waals surface area contributed by atoms with Crippen molar-refractivity contribution in [3.63, 3.8) is 0 Å². The number of aromatic nitrogens is 2. The van der Waals surface area contributed by atoms with Crippen LogP contribution in [0, 0.1) is 0 Å². The Kier molecular flexibility index (Phi) is 4.16. The van der Waals surface area contributed by atoms with Crippen molar-refractivity contribution >= 4 is 33.0 Å². The lowest BCUT2D eigenvalue weighted by Crippen LogP contribution is -2.15. The summed E-state index contributed by atoms with van der Waals surface area (Å²) in [6.45, 7) is 0.849. The molecule has 2 heterocycles. The number of nitrogens with one attached hydrogen (secondary N) is 1. The third-order valence-electron chi connectivity index (χ3n) is 3.73. The van der Waals surface area contributed by atoms with Gasteiger partial charge in [0.25, 0.3) is 5.91 Å². The van der Waals surface area contributed by atoms with Crippen LogP contribution in [-0.2, 0) is 22.8 Å². The third-order valence-corrected chi connectivity index (χ3v) is 5.34. The molecule has 0 spiro atoms. The molecule has 0 saturated heterocycles. The molecule has 1 amide bonds. The summed E-state index contributed by atoms with van der Waals surface area (Å²) in [4.78, 5) is 16.6. The molecule has 0 atom stereocenters. The molecular weight excluding hydrogens is 338 g/mol. The van der Waals surface area contributed by atoms with Crippen LogP contribution in [0.4, 0.5) is 5.69 Å². The fraction of sp³-hybridized carbons (Fsp3) is 0.333. The van der Waals surface area contributed by atoms with Gasteiger partial charge in [0.05, 0.1) is 10.7 Å². The zero-order chi connectivity index (χ0) is 16.6. The van der Waals surface area contributed by atoms with Crippen molar-refractivity contribution in [2.24, 2.45) is 0 Å². The van der Waals surface area contributed by atoms with Crippen LogP contribution in [0.3, 0.4) is 0 Å². The molecule has 0 fully saturated rings. The monoisotopic (exact) mass is 353 g/mol. The van der Waals surface area contributed by atoms with E-state index in [1.807, 2.05) is 4.57 Å².